The molecule has 0 radical (unpaired) electrons. The first-order valence-electron chi connectivity index (χ1n) is 8.62. The number of fused-ring (bicyclic) bond motifs is 1. The highest BCUT2D eigenvalue weighted by Crippen LogP contribution is 2.36. The van der Waals surface area contributed by atoms with Crippen molar-refractivity contribution in [2.45, 2.75) is 19.9 Å². The Morgan fingerprint density at radius 2 is 2.24 bits per heavy atom. The molecule has 1 aliphatic heterocycles. The Morgan fingerprint density at radius 1 is 1.45 bits per heavy atom. The van der Waals surface area contributed by atoms with E-state index in [9.17, 15) is 25.0 Å². The minimum absolute atomic E-state index is 0.00564. The molecular weight excluding hydrogens is 416 g/mol. The van der Waals surface area contributed by atoms with E-state index < -0.39 is 16.9 Å². The molecule has 0 bridgehead atoms. The molecule has 29 heavy (non-hydrogen) atoms. The van der Waals surface area contributed by atoms with Crippen molar-refractivity contribution in [3.8, 4) is 6.07 Å². The van der Waals surface area contributed by atoms with Crippen LogP contribution in [0.2, 0.25) is 0 Å². The van der Waals surface area contributed by atoms with E-state index >= 15 is 0 Å². The van der Waals surface area contributed by atoms with Crippen LogP contribution >= 0.6 is 22.7 Å². The van der Waals surface area contributed by atoms with Gasteiger partial charge in [-0.25, -0.2) is 4.79 Å². The fourth-order valence-corrected chi connectivity index (χ4v) is 4.76. The SMILES string of the molecule is CCOC(=O)N1CCc2c(sc(NC(=O)C=Cc3ccc([N+](=O)[O-])s3)c2C#N)C1. The molecular formula is C18H16N4O5S2. The first-order chi connectivity index (χ1) is 13.9. The summed E-state index contributed by atoms with van der Waals surface area (Å²) >= 11 is 2.22. The molecule has 11 heteroatoms. The largest absolute Gasteiger partial charge is 0.450 e. The molecule has 150 valence electrons. The summed E-state index contributed by atoms with van der Waals surface area (Å²) in [5, 5.41) is 23.3. The monoisotopic (exact) mass is 432 g/mol. The minimum atomic E-state index is -0.489. The van der Waals surface area contributed by atoms with Gasteiger partial charge < -0.3 is 15.0 Å². The van der Waals surface area contributed by atoms with Crippen LogP contribution in [0.15, 0.2) is 18.2 Å². The summed E-state index contributed by atoms with van der Waals surface area (Å²) in [7, 11) is 0. The van der Waals surface area contributed by atoms with Crippen LogP contribution in [-0.2, 0) is 22.5 Å². The number of amides is 2. The molecule has 0 fully saturated rings. The average molecular weight is 432 g/mol. The molecule has 0 atom stereocenters. The predicted molar refractivity (Wildman–Crippen MR) is 109 cm³/mol. The maximum atomic E-state index is 12.3. The summed E-state index contributed by atoms with van der Waals surface area (Å²) in [5.74, 6) is -0.446. The van der Waals surface area contributed by atoms with Gasteiger partial charge in [-0.15, -0.1) is 11.3 Å². The highest BCUT2D eigenvalue weighted by atomic mass is 32.1. The van der Waals surface area contributed by atoms with Gasteiger partial charge in [0.25, 0.3) is 0 Å². The first-order valence-corrected chi connectivity index (χ1v) is 10.3. The second-order valence-corrected chi connectivity index (χ2v) is 8.14. The number of nitriles is 1. The number of hydrogen-bond acceptors (Lipinski definition) is 8. The van der Waals surface area contributed by atoms with Crippen LogP contribution in [0.5, 0.6) is 0 Å². The quantitative estimate of drug-likeness (QED) is 0.436. The van der Waals surface area contributed by atoms with Gasteiger partial charge in [0.05, 0.1) is 23.6 Å². The van der Waals surface area contributed by atoms with Crippen molar-refractivity contribution in [3.05, 3.63) is 49.2 Å². The van der Waals surface area contributed by atoms with Crippen LogP contribution in [0.4, 0.5) is 14.8 Å². The molecule has 0 saturated heterocycles. The normalized spacial score (nSPS) is 13.0. The molecule has 2 amide bonds. The van der Waals surface area contributed by atoms with Crippen molar-refractivity contribution < 1.29 is 19.2 Å². The van der Waals surface area contributed by atoms with Crippen LogP contribution in [-0.4, -0.2) is 35.0 Å². The first kappa shape index (κ1) is 20.5. The van der Waals surface area contributed by atoms with E-state index in [1.807, 2.05) is 0 Å². The third-order valence-electron chi connectivity index (χ3n) is 4.12. The molecule has 3 heterocycles. The molecule has 0 spiro atoms. The molecule has 0 saturated carbocycles. The molecule has 3 rings (SSSR count). The number of anilines is 1. The molecule has 1 aliphatic rings. The lowest BCUT2D eigenvalue weighted by Gasteiger charge is -2.25. The summed E-state index contributed by atoms with van der Waals surface area (Å²) in [6.07, 6.45) is 2.86. The van der Waals surface area contributed by atoms with E-state index in [2.05, 4.69) is 11.4 Å². The van der Waals surface area contributed by atoms with Gasteiger partial charge in [0.15, 0.2) is 0 Å². The van der Waals surface area contributed by atoms with Crippen molar-refractivity contribution >= 4 is 50.8 Å². The Bertz CT molecular complexity index is 1030. The number of nitro groups is 1. The topological polar surface area (TPSA) is 126 Å². The van der Waals surface area contributed by atoms with E-state index in [-0.39, 0.29) is 11.6 Å². The number of nitrogens with one attached hydrogen (secondary N) is 1. The number of thiophene rings is 2. The van der Waals surface area contributed by atoms with Crippen LogP contribution in [0.1, 0.15) is 27.8 Å². The van der Waals surface area contributed by atoms with Crippen molar-refractivity contribution in [2.75, 3.05) is 18.5 Å². The Labute approximate surface area is 174 Å². The summed E-state index contributed by atoms with van der Waals surface area (Å²) in [6.45, 7) is 2.80. The molecule has 2 aromatic rings. The molecule has 1 N–H and O–H groups in total. The second kappa shape index (κ2) is 8.85. The fourth-order valence-electron chi connectivity index (χ4n) is 2.82. The fraction of sp³-hybridized carbons (Fsp3) is 0.278. The number of nitrogens with zero attached hydrogens (tertiary/aromatic N) is 3. The predicted octanol–water partition coefficient (Wildman–Crippen LogP) is 3.76. The highest BCUT2D eigenvalue weighted by molar-refractivity contribution is 7.17. The number of carbonyl (C=O) groups is 2. The smallest absolute Gasteiger partial charge is 0.410 e. The minimum Gasteiger partial charge on any atom is -0.450 e. The zero-order chi connectivity index (χ0) is 21.0. The van der Waals surface area contributed by atoms with Gasteiger partial charge >= 0.3 is 11.1 Å². The van der Waals surface area contributed by atoms with Gasteiger partial charge in [-0.3, -0.25) is 14.9 Å². The van der Waals surface area contributed by atoms with Crippen molar-refractivity contribution in [1.82, 2.24) is 4.90 Å². The lowest BCUT2D eigenvalue weighted by molar-refractivity contribution is -0.380. The van der Waals surface area contributed by atoms with Gasteiger partial charge in [-0.2, -0.15) is 5.26 Å². The van der Waals surface area contributed by atoms with Crippen LogP contribution in [0.25, 0.3) is 6.08 Å². The van der Waals surface area contributed by atoms with Gasteiger partial charge in [-0.05, 0) is 31.1 Å². The molecule has 2 aromatic heterocycles. The van der Waals surface area contributed by atoms with E-state index in [1.54, 1.807) is 17.9 Å². The third kappa shape index (κ3) is 4.61. The lowest BCUT2D eigenvalue weighted by Crippen LogP contribution is -2.35. The Balaban J connectivity index is 1.72. The second-order valence-electron chi connectivity index (χ2n) is 5.95. The Morgan fingerprint density at radius 3 is 2.90 bits per heavy atom. The number of ether oxygens (including phenoxy) is 1. The summed E-state index contributed by atoms with van der Waals surface area (Å²) < 4.78 is 5.02. The summed E-state index contributed by atoms with van der Waals surface area (Å²) in [5.41, 5.74) is 1.24. The summed E-state index contributed by atoms with van der Waals surface area (Å²) in [4.78, 5) is 37.4. The van der Waals surface area contributed by atoms with Crippen LogP contribution in [0.3, 0.4) is 0 Å². The Kier molecular flexibility index (Phi) is 6.26. The number of hydrogen-bond donors (Lipinski definition) is 1. The van der Waals surface area contributed by atoms with E-state index in [4.69, 9.17) is 4.74 Å². The molecule has 9 nitrogen and oxygen atoms in total. The van der Waals surface area contributed by atoms with Crippen molar-refractivity contribution in [3.63, 3.8) is 0 Å². The van der Waals surface area contributed by atoms with Crippen LogP contribution < -0.4 is 5.32 Å². The maximum absolute atomic E-state index is 12.3. The zero-order valence-corrected chi connectivity index (χ0v) is 17.0. The van der Waals surface area contributed by atoms with Gasteiger partial charge in [0, 0.05) is 28.4 Å². The van der Waals surface area contributed by atoms with Crippen molar-refractivity contribution in [2.24, 2.45) is 0 Å². The van der Waals surface area contributed by atoms with E-state index in [1.165, 1.54) is 29.6 Å². The summed E-state index contributed by atoms with van der Waals surface area (Å²) in [6, 6.07) is 5.06. The van der Waals surface area contributed by atoms with Gasteiger partial charge in [-0.1, -0.05) is 11.3 Å². The Hall–Kier alpha value is -3.23. The molecule has 0 aliphatic carbocycles. The van der Waals surface area contributed by atoms with Gasteiger partial charge in [0.2, 0.25) is 5.91 Å². The average Bonchev–Trinajstić information content (AvgIpc) is 3.30. The third-order valence-corrected chi connectivity index (χ3v) is 6.26. The van der Waals surface area contributed by atoms with E-state index in [0.717, 1.165) is 21.8 Å². The maximum Gasteiger partial charge on any atom is 0.410 e. The van der Waals surface area contributed by atoms with Crippen molar-refractivity contribution in [1.29, 1.82) is 5.26 Å². The molecule has 0 unspecified atom stereocenters. The molecule has 0 aromatic carbocycles. The van der Waals surface area contributed by atoms with Crippen LogP contribution in [0, 0.1) is 21.4 Å². The van der Waals surface area contributed by atoms with Gasteiger partial charge in [0.1, 0.15) is 11.1 Å². The zero-order valence-electron chi connectivity index (χ0n) is 15.3. The number of rotatable bonds is 5. The number of carbonyl (C=O) groups excluding carboxylic acids is 2. The highest BCUT2D eigenvalue weighted by Gasteiger charge is 2.27. The van der Waals surface area contributed by atoms with E-state index in [0.29, 0.717) is 35.0 Å². The lowest BCUT2D eigenvalue weighted by atomic mass is 10.0. The standard InChI is InChI=1S/C18H16N4O5S2/c1-2-27-18(24)21-8-7-12-13(9-19)17(29-14(12)10-21)20-15(23)5-3-11-4-6-16(28-11)22(25)26/h3-6H,2,7-8,10H2,1H3,(H,20,23).